The highest BCUT2D eigenvalue weighted by molar-refractivity contribution is 7.92. The van der Waals surface area contributed by atoms with Gasteiger partial charge >= 0.3 is 5.97 Å². The molecule has 2 aromatic carbocycles. The average Bonchev–Trinajstić information content (AvgIpc) is 2.82. The lowest BCUT2D eigenvalue weighted by atomic mass is 9.94. The Morgan fingerprint density at radius 2 is 1.55 bits per heavy atom. The smallest absolute Gasteiger partial charge is 0.340 e. The number of hydrogen-bond acceptors (Lipinski definition) is 5. The van der Waals surface area contributed by atoms with Crippen molar-refractivity contribution in [3.8, 4) is 0 Å². The normalized spacial score (nSPS) is 14.6. The molecule has 0 unspecified atom stereocenters. The number of carbonyl (C=O) groups is 2. The Labute approximate surface area is 183 Å². The van der Waals surface area contributed by atoms with E-state index in [-0.39, 0.29) is 22.4 Å². The van der Waals surface area contributed by atoms with Crippen molar-refractivity contribution in [2.45, 2.75) is 43.0 Å². The first-order valence-corrected chi connectivity index (χ1v) is 11.8. The number of amides is 1. The number of carbonyl (C=O) groups excluding carboxylic acids is 2. The molecule has 3 rings (SSSR count). The maximum atomic E-state index is 13.2. The van der Waals surface area contributed by atoms with Crippen LogP contribution >= 0.6 is 0 Å². The average molecular weight is 445 g/mol. The minimum absolute atomic E-state index is 0.0987. The first kappa shape index (κ1) is 22.8. The number of likely N-dealkylation sites (N-methyl/N-ethyl adjacent to an activating group) is 1. The number of rotatable bonds is 7. The molecular weight excluding hydrogens is 416 g/mol. The molecule has 31 heavy (non-hydrogen) atoms. The highest BCUT2D eigenvalue weighted by Gasteiger charge is 2.28. The molecule has 1 aliphatic rings. The fraction of sp³-hybridized carbons (Fsp3) is 0.391. The lowest BCUT2D eigenvalue weighted by Crippen LogP contribution is -2.40. The summed E-state index contributed by atoms with van der Waals surface area (Å²) in [7, 11) is -0.855. The standard InChI is InChI=1S/C23H28N2O5S/c1-24(18-11-5-3-6-12-18)22(26)17-30-23(27)20-15-9-10-16-21(20)31(28,29)25(2)19-13-7-4-8-14-19/h4,7-10,13-16,18H,3,5-6,11-12,17H2,1-2H3. The molecule has 0 saturated heterocycles. The molecule has 7 nitrogen and oxygen atoms in total. The van der Waals surface area contributed by atoms with Gasteiger partial charge in [0, 0.05) is 20.1 Å². The predicted octanol–water partition coefficient (Wildman–Crippen LogP) is 3.46. The lowest BCUT2D eigenvalue weighted by Gasteiger charge is -2.31. The number of hydrogen-bond donors (Lipinski definition) is 0. The van der Waals surface area contributed by atoms with Crippen LogP contribution in [0.4, 0.5) is 5.69 Å². The van der Waals surface area contributed by atoms with Gasteiger partial charge in [-0.1, -0.05) is 49.6 Å². The number of ether oxygens (including phenoxy) is 1. The molecule has 166 valence electrons. The number of esters is 1. The summed E-state index contributed by atoms with van der Waals surface area (Å²) < 4.78 is 32.6. The van der Waals surface area contributed by atoms with Gasteiger partial charge in [0.25, 0.3) is 15.9 Å². The Morgan fingerprint density at radius 3 is 2.23 bits per heavy atom. The van der Waals surface area contributed by atoms with Crippen molar-refractivity contribution in [1.82, 2.24) is 4.90 Å². The maximum Gasteiger partial charge on any atom is 0.340 e. The van der Waals surface area contributed by atoms with E-state index in [1.165, 1.54) is 25.6 Å². The summed E-state index contributed by atoms with van der Waals surface area (Å²) in [5.41, 5.74) is 0.369. The van der Waals surface area contributed by atoms with Gasteiger partial charge in [-0.3, -0.25) is 9.10 Å². The Hall–Kier alpha value is -2.87. The third-order valence-corrected chi connectivity index (χ3v) is 7.55. The largest absolute Gasteiger partial charge is 0.452 e. The molecule has 0 atom stereocenters. The van der Waals surface area contributed by atoms with Gasteiger partial charge in [-0.05, 0) is 37.1 Å². The van der Waals surface area contributed by atoms with Crippen LogP contribution in [0.15, 0.2) is 59.5 Å². The molecule has 1 aliphatic carbocycles. The number of anilines is 1. The van der Waals surface area contributed by atoms with Crippen LogP contribution < -0.4 is 4.31 Å². The molecule has 0 bridgehead atoms. The van der Waals surface area contributed by atoms with Gasteiger partial charge in [-0.15, -0.1) is 0 Å². The quantitative estimate of drug-likeness (QED) is 0.611. The zero-order valence-electron chi connectivity index (χ0n) is 17.9. The second-order valence-corrected chi connectivity index (χ2v) is 9.61. The molecule has 0 heterocycles. The Kier molecular flexibility index (Phi) is 7.33. The molecule has 0 radical (unpaired) electrons. The van der Waals surface area contributed by atoms with Gasteiger partial charge in [0.2, 0.25) is 0 Å². The van der Waals surface area contributed by atoms with Crippen molar-refractivity contribution in [2.24, 2.45) is 0 Å². The van der Waals surface area contributed by atoms with Crippen LogP contribution in [0.3, 0.4) is 0 Å². The number of benzene rings is 2. The first-order valence-electron chi connectivity index (χ1n) is 10.4. The van der Waals surface area contributed by atoms with Crippen LogP contribution in [-0.2, 0) is 19.6 Å². The topological polar surface area (TPSA) is 84.0 Å². The maximum absolute atomic E-state index is 13.2. The van der Waals surface area contributed by atoms with Crippen LogP contribution in [0.1, 0.15) is 42.5 Å². The molecule has 0 spiro atoms. The molecule has 1 saturated carbocycles. The van der Waals surface area contributed by atoms with E-state index in [9.17, 15) is 18.0 Å². The monoisotopic (exact) mass is 444 g/mol. The summed E-state index contributed by atoms with van der Waals surface area (Å²) >= 11 is 0. The van der Waals surface area contributed by atoms with Crippen molar-refractivity contribution in [3.05, 3.63) is 60.2 Å². The third-order valence-electron chi connectivity index (χ3n) is 5.71. The fourth-order valence-electron chi connectivity index (χ4n) is 3.76. The minimum atomic E-state index is -4.00. The summed E-state index contributed by atoms with van der Waals surface area (Å²) in [5, 5.41) is 0. The summed E-state index contributed by atoms with van der Waals surface area (Å²) in [5.74, 6) is -1.13. The molecule has 0 aromatic heterocycles. The van der Waals surface area contributed by atoms with E-state index < -0.39 is 22.6 Å². The van der Waals surface area contributed by atoms with E-state index in [1.54, 1.807) is 54.4 Å². The van der Waals surface area contributed by atoms with Crippen molar-refractivity contribution in [3.63, 3.8) is 0 Å². The molecule has 8 heteroatoms. The van der Waals surface area contributed by atoms with Crippen LogP contribution in [0.5, 0.6) is 0 Å². The first-order chi connectivity index (χ1) is 14.8. The van der Waals surface area contributed by atoms with Gasteiger partial charge in [0.05, 0.1) is 11.3 Å². The highest BCUT2D eigenvalue weighted by Crippen LogP contribution is 2.25. The molecule has 1 fully saturated rings. The number of nitrogens with zero attached hydrogens (tertiary/aromatic N) is 2. The van der Waals surface area contributed by atoms with Crippen LogP contribution in [0.2, 0.25) is 0 Å². The van der Waals surface area contributed by atoms with E-state index >= 15 is 0 Å². The van der Waals surface area contributed by atoms with E-state index in [0.717, 1.165) is 30.0 Å². The molecule has 1 amide bonds. The van der Waals surface area contributed by atoms with Gasteiger partial charge in [0.1, 0.15) is 4.90 Å². The molecule has 0 aliphatic heterocycles. The van der Waals surface area contributed by atoms with E-state index in [4.69, 9.17) is 4.74 Å². The van der Waals surface area contributed by atoms with Crippen molar-refractivity contribution < 1.29 is 22.7 Å². The Bertz CT molecular complexity index is 1020. The molecule has 0 N–H and O–H groups in total. The summed E-state index contributed by atoms with van der Waals surface area (Å²) in [6.45, 7) is -0.422. The third kappa shape index (κ3) is 5.25. The summed E-state index contributed by atoms with van der Waals surface area (Å²) in [6, 6.07) is 14.6. The number of sulfonamides is 1. The SMILES string of the molecule is CN(C(=O)COC(=O)c1ccccc1S(=O)(=O)N(C)c1ccccc1)C1CCCCC1. The predicted molar refractivity (Wildman–Crippen MR) is 118 cm³/mol. The highest BCUT2D eigenvalue weighted by atomic mass is 32.2. The molecule has 2 aromatic rings. The fourth-order valence-corrected chi connectivity index (χ4v) is 5.14. The second kappa shape index (κ2) is 9.96. The molecular formula is C23H28N2O5S. The van der Waals surface area contributed by atoms with Crippen LogP contribution in [-0.4, -0.2) is 51.9 Å². The Morgan fingerprint density at radius 1 is 0.935 bits per heavy atom. The van der Waals surface area contributed by atoms with Crippen LogP contribution in [0, 0.1) is 0 Å². The van der Waals surface area contributed by atoms with E-state index in [2.05, 4.69) is 0 Å². The van der Waals surface area contributed by atoms with Crippen molar-refractivity contribution in [2.75, 3.05) is 25.0 Å². The van der Waals surface area contributed by atoms with Crippen molar-refractivity contribution >= 4 is 27.6 Å². The Balaban J connectivity index is 1.73. The van der Waals surface area contributed by atoms with E-state index in [0.29, 0.717) is 5.69 Å². The zero-order valence-corrected chi connectivity index (χ0v) is 18.7. The summed E-state index contributed by atoms with van der Waals surface area (Å²) in [6.07, 6.45) is 5.24. The number of para-hydroxylation sites is 1. The van der Waals surface area contributed by atoms with Gasteiger partial charge in [0.15, 0.2) is 6.61 Å². The summed E-state index contributed by atoms with van der Waals surface area (Å²) in [4.78, 5) is 26.6. The van der Waals surface area contributed by atoms with Crippen LogP contribution in [0.25, 0.3) is 0 Å². The zero-order chi connectivity index (χ0) is 22.4. The van der Waals surface area contributed by atoms with E-state index in [1.807, 2.05) is 0 Å². The van der Waals surface area contributed by atoms with Crippen molar-refractivity contribution in [1.29, 1.82) is 0 Å². The van der Waals surface area contributed by atoms with Gasteiger partial charge in [-0.2, -0.15) is 0 Å². The minimum Gasteiger partial charge on any atom is -0.452 e. The lowest BCUT2D eigenvalue weighted by molar-refractivity contribution is -0.135. The second-order valence-electron chi connectivity index (χ2n) is 7.68. The van der Waals surface area contributed by atoms with Gasteiger partial charge < -0.3 is 9.64 Å². The van der Waals surface area contributed by atoms with Gasteiger partial charge in [-0.25, -0.2) is 13.2 Å².